The molecule has 1 aliphatic heterocycles. The van der Waals surface area contributed by atoms with Gasteiger partial charge in [-0.15, -0.1) is 12.4 Å². The molecular formula is C12H21ClN4O3S. The SMILES string of the molecule is CNC(=O)c1cc(S(=O)(=O)NCC2CCNC2)cn1C.Cl. The van der Waals surface area contributed by atoms with Gasteiger partial charge < -0.3 is 15.2 Å². The Morgan fingerprint density at radius 3 is 2.81 bits per heavy atom. The quantitative estimate of drug-likeness (QED) is 0.688. The van der Waals surface area contributed by atoms with Gasteiger partial charge in [0.1, 0.15) is 10.6 Å². The normalized spacial score (nSPS) is 18.3. The predicted octanol–water partition coefficient (Wildman–Crippen LogP) is -0.306. The first-order valence-corrected chi connectivity index (χ1v) is 8.01. The Labute approximate surface area is 130 Å². The smallest absolute Gasteiger partial charge is 0.267 e. The van der Waals surface area contributed by atoms with Crippen molar-refractivity contribution < 1.29 is 13.2 Å². The zero-order chi connectivity index (χ0) is 14.8. The molecule has 1 aromatic rings. The van der Waals surface area contributed by atoms with E-state index in [1.807, 2.05) is 0 Å². The van der Waals surface area contributed by atoms with Crippen LogP contribution >= 0.6 is 12.4 Å². The number of aromatic nitrogens is 1. The van der Waals surface area contributed by atoms with Gasteiger partial charge in [0.15, 0.2) is 0 Å². The Kier molecular flexibility index (Phi) is 6.21. The van der Waals surface area contributed by atoms with E-state index in [4.69, 9.17) is 0 Å². The summed E-state index contributed by atoms with van der Waals surface area (Å²) < 4.78 is 28.5. The van der Waals surface area contributed by atoms with Crippen LogP contribution in [0.4, 0.5) is 0 Å². The molecule has 1 saturated heterocycles. The van der Waals surface area contributed by atoms with E-state index in [2.05, 4.69) is 15.4 Å². The largest absolute Gasteiger partial charge is 0.354 e. The second-order valence-corrected chi connectivity index (χ2v) is 6.73. The maximum Gasteiger partial charge on any atom is 0.267 e. The zero-order valence-electron chi connectivity index (χ0n) is 12.0. The number of hydrogen-bond acceptors (Lipinski definition) is 4. The predicted molar refractivity (Wildman–Crippen MR) is 82.2 cm³/mol. The summed E-state index contributed by atoms with van der Waals surface area (Å²) in [6, 6.07) is 1.38. The molecule has 0 saturated carbocycles. The van der Waals surface area contributed by atoms with Crippen molar-refractivity contribution in [3.05, 3.63) is 18.0 Å². The topological polar surface area (TPSA) is 92.2 Å². The van der Waals surface area contributed by atoms with Gasteiger partial charge in [-0.1, -0.05) is 0 Å². The van der Waals surface area contributed by atoms with Gasteiger partial charge in [0.05, 0.1) is 0 Å². The average Bonchev–Trinajstić information content (AvgIpc) is 3.05. The van der Waals surface area contributed by atoms with Crippen LogP contribution in [0.1, 0.15) is 16.9 Å². The molecule has 7 nitrogen and oxygen atoms in total. The van der Waals surface area contributed by atoms with Crippen LogP contribution < -0.4 is 15.4 Å². The Hall–Kier alpha value is -1.09. The first-order chi connectivity index (χ1) is 9.44. The maximum atomic E-state index is 12.2. The van der Waals surface area contributed by atoms with E-state index < -0.39 is 10.0 Å². The summed E-state index contributed by atoms with van der Waals surface area (Å²) in [5.74, 6) is 0.0147. The molecule has 1 atom stereocenters. The van der Waals surface area contributed by atoms with Crippen LogP contribution in [-0.2, 0) is 17.1 Å². The summed E-state index contributed by atoms with van der Waals surface area (Å²) in [4.78, 5) is 11.7. The molecule has 2 rings (SSSR count). The third-order valence-electron chi connectivity index (χ3n) is 3.47. The van der Waals surface area contributed by atoms with Crippen molar-refractivity contribution in [3.8, 4) is 0 Å². The molecular weight excluding hydrogens is 316 g/mol. The van der Waals surface area contributed by atoms with E-state index in [1.54, 1.807) is 7.05 Å². The fourth-order valence-electron chi connectivity index (χ4n) is 2.23. The van der Waals surface area contributed by atoms with Crippen molar-refractivity contribution in [2.24, 2.45) is 13.0 Å². The molecule has 1 unspecified atom stereocenters. The molecule has 0 spiro atoms. The van der Waals surface area contributed by atoms with Crippen molar-refractivity contribution in [2.45, 2.75) is 11.3 Å². The minimum Gasteiger partial charge on any atom is -0.354 e. The second kappa shape index (κ2) is 7.26. The average molecular weight is 337 g/mol. The number of carbonyl (C=O) groups excluding carboxylic acids is 1. The number of hydrogen-bond donors (Lipinski definition) is 3. The molecule has 1 fully saturated rings. The van der Waals surface area contributed by atoms with Gasteiger partial charge in [-0.3, -0.25) is 4.79 Å². The maximum absolute atomic E-state index is 12.2. The van der Waals surface area contributed by atoms with Crippen molar-refractivity contribution in [3.63, 3.8) is 0 Å². The summed E-state index contributed by atoms with van der Waals surface area (Å²) in [5.41, 5.74) is 0.315. The van der Waals surface area contributed by atoms with Crippen LogP contribution in [0.5, 0.6) is 0 Å². The number of sulfonamides is 1. The van der Waals surface area contributed by atoms with Gasteiger partial charge in [-0.05, 0) is 31.5 Å². The lowest BCUT2D eigenvalue weighted by molar-refractivity contribution is 0.0955. The van der Waals surface area contributed by atoms with E-state index in [-0.39, 0.29) is 23.2 Å². The molecule has 0 aliphatic carbocycles. The van der Waals surface area contributed by atoms with Crippen LogP contribution in [0.3, 0.4) is 0 Å². The molecule has 2 heterocycles. The number of rotatable bonds is 5. The molecule has 1 amide bonds. The molecule has 1 aliphatic rings. The van der Waals surface area contributed by atoms with Crippen LogP contribution in [0.15, 0.2) is 17.2 Å². The molecule has 0 bridgehead atoms. The third-order valence-corrected chi connectivity index (χ3v) is 4.86. The first kappa shape index (κ1) is 18.0. The van der Waals surface area contributed by atoms with Crippen LogP contribution in [0, 0.1) is 5.92 Å². The summed E-state index contributed by atoms with van der Waals surface area (Å²) in [5, 5.41) is 5.67. The molecule has 0 radical (unpaired) electrons. The highest BCUT2D eigenvalue weighted by Gasteiger charge is 2.22. The number of nitrogens with one attached hydrogen (secondary N) is 3. The molecule has 120 valence electrons. The van der Waals surface area contributed by atoms with Crippen molar-refractivity contribution in [1.82, 2.24) is 19.9 Å². The van der Waals surface area contributed by atoms with Gasteiger partial charge in [-0.25, -0.2) is 13.1 Å². The first-order valence-electron chi connectivity index (χ1n) is 6.53. The van der Waals surface area contributed by atoms with Crippen LogP contribution in [0.25, 0.3) is 0 Å². The minimum absolute atomic E-state index is 0. The molecule has 3 N–H and O–H groups in total. The van der Waals surface area contributed by atoms with E-state index >= 15 is 0 Å². The Balaban J connectivity index is 0.00000220. The van der Waals surface area contributed by atoms with Crippen molar-refractivity contribution >= 4 is 28.3 Å². The van der Waals surface area contributed by atoms with Gasteiger partial charge in [0.25, 0.3) is 5.91 Å². The lowest BCUT2D eigenvalue weighted by Crippen LogP contribution is -2.30. The summed E-state index contributed by atoms with van der Waals surface area (Å²) in [6.45, 7) is 2.18. The molecule has 1 aromatic heterocycles. The van der Waals surface area contributed by atoms with Gasteiger partial charge >= 0.3 is 0 Å². The Morgan fingerprint density at radius 2 is 2.24 bits per heavy atom. The highest BCUT2D eigenvalue weighted by molar-refractivity contribution is 7.89. The lowest BCUT2D eigenvalue weighted by Gasteiger charge is -2.09. The van der Waals surface area contributed by atoms with E-state index in [0.717, 1.165) is 19.5 Å². The Morgan fingerprint density at radius 1 is 1.52 bits per heavy atom. The summed E-state index contributed by atoms with van der Waals surface area (Å²) in [7, 11) is -0.418. The fraction of sp³-hybridized carbons (Fsp3) is 0.583. The second-order valence-electron chi connectivity index (χ2n) is 4.96. The summed E-state index contributed by atoms with van der Waals surface area (Å²) >= 11 is 0. The zero-order valence-corrected chi connectivity index (χ0v) is 13.7. The van der Waals surface area contributed by atoms with Gasteiger partial charge in [-0.2, -0.15) is 0 Å². The fourth-order valence-corrected chi connectivity index (χ4v) is 3.42. The third kappa shape index (κ3) is 4.19. The standard InChI is InChI=1S/C12H20N4O3S.ClH/c1-13-12(17)11-5-10(8-16(11)2)20(18,19)15-7-9-3-4-14-6-9;/h5,8-9,14-15H,3-4,6-7H2,1-2H3,(H,13,17);1H. The highest BCUT2D eigenvalue weighted by atomic mass is 35.5. The van der Waals surface area contributed by atoms with Crippen LogP contribution in [-0.4, -0.2) is 45.6 Å². The van der Waals surface area contributed by atoms with E-state index in [9.17, 15) is 13.2 Å². The number of carbonyl (C=O) groups is 1. The highest BCUT2D eigenvalue weighted by Crippen LogP contribution is 2.14. The molecule has 21 heavy (non-hydrogen) atoms. The van der Waals surface area contributed by atoms with Gasteiger partial charge in [0.2, 0.25) is 10.0 Å². The molecule has 0 aromatic carbocycles. The van der Waals surface area contributed by atoms with E-state index in [1.165, 1.54) is 23.9 Å². The number of amides is 1. The monoisotopic (exact) mass is 336 g/mol. The summed E-state index contributed by atoms with van der Waals surface area (Å²) in [6.07, 6.45) is 2.42. The van der Waals surface area contributed by atoms with Crippen LogP contribution in [0.2, 0.25) is 0 Å². The van der Waals surface area contributed by atoms with Crippen molar-refractivity contribution in [2.75, 3.05) is 26.7 Å². The van der Waals surface area contributed by atoms with Gasteiger partial charge in [0, 0.05) is 26.8 Å². The number of aryl methyl sites for hydroxylation is 1. The number of nitrogens with zero attached hydrogens (tertiary/aromatic N) is 1. The minimum atomic E-state index is -3.57. The van der Waals surface area contributed by atoms with Crippen molar-refractivity contribution in [1.29, 1.82) is 0 Å². The lowest BCUT2D eigenvalue weighted by atomic mass is 10.1. The number of halogens is 1. The molecule has 9 heteroatoms. The van der Waals surface area contributed by atoms with E-state index in [0.29, 0.717) is 18.2 Å². The Bertz CT molecular complexity index is 594.